The highest BCUT2D eigenvalue weighted by atomic mass is 32.1. The van der Waals surface area contributed by atoms with E-state index in [0.717, 1.165) is 0 Å². The molecule has 4 N–H and O–H groups in total. The minimum atomic E-state index is 0. The van der Waals surface area contributed by atoms with Gasteiger partial charge in [-0.05, 0) is 0 Å². The lowest BCUT2D eigenvalue weighted by Gasteiger charge is -2.00. The first kappa shape index (κ1) is 119. The second-order valence-corrected chi connectivity index (χ2v) is 0. The Balaban J connectivity index is 0. The van der Waals surface area contributed by atoms with Gasteiger partial charge in [-0.25, -0.2) is 0 Å². The van der Waals surface area contributed by atoms with Crippen LogP contribution in [-0.4, -0.2) is 0 Å². The average molecular weight is 178 g/mol. The Morgan fingerprint density at radius 3 is 0.333 bits per heavy atom. The molecule has 6 heavy (non-hydrogen) atoms. The van der Waals surface area contributed by atoms with Crippen molar-refractivity contribution in [1.29, 1.82) is 0 Å². The monoisotopic (exact) mass is 178 g/mol. The Bertz CT molecular complexity index is 3.90. The topological polar surface area (TPSA) is 36.5 Å². The minimum Gasteiger partial charge on any atom is -2.00 e. The van der Waals surface area contributed by atoms with Crippen LogP contribution >= 0.6 is 0 Å². The Morgan fingerprint density at radius 2 is 0.333 bits per heavy atom. The van der Waals surface area contributed by atoms with Crippen LogP contribution in [0.2, 0.25) is 0 Å². The summed E-state index contributed by atoms with van der Waals surface area (Å²) in [5.41, 5.74) is 0. The quantitative estimate of drug-likeness (QED) is 0.556. The Morgan fingerprint density at radius 1 is 0.333 bits per heavy atom. The molecule has 0 heterocycles. The fourth-order valence-electron chi connectivity index (χ4n) is 0. The van der Waals surface area contributed by atoms with Gasteiger partial charge < -0.3 is 73.6 Å². The summed E-state index contributed by atoms with van der Waals surface area (Å²) in [6.45, 7) is 0. The number of quaternary nitrogens is 1. The maximum absolute atomic E-state index is 0. The molecule has 0 aliphatic heterocycles. The molecule has 1 nitrogen and oxygen atoms in total. The summed E-state index contributed by atoms with van der Waals surface area (Å²) < 4.78 is 0. The van der Waals surface area contributed by atoms with Gasteiger partial charge in [-0.15, -0.1) is 0 Å². The van der Waals surface area contributed by atoms with Gasteiger partial charge in [0.05, 0.1) is 0 Å². The molecule has 0 radical (unpaired) electrons. The van der Waals surface area contributed by atoms with Gasteiger partial charge in [0.1, 0.15) is 0 Å². The molecule has 0 aliphatic rings. The van der Waals surface area contributed by atoms with Crippen molar-refractivity contribution in [2.24, 2.45) is 0 Å². The van der Waals surface area contributed by atoms with Gasteiger partial charge >= 0.3 is 0 Å². The van der Waals surface area contributed by atoms with Gasteiger partial charge in [0.2, 0.25) is 0 Å². The van der Waals surface area contributed by atoms with E-state index in [1.807, 2.05) is 0 Å². The van der Waals surface area contributed by atoms with Crippen LogP contribution in [0, 0.1) is 0 Å². The molecule has 0 unspecified atom stereocenters. The first-order valence-corrected chi connectivity index (χ1v) is 0. The first-order chi connectivity index (χ1) is 0. The molecule has 0 fully saturated rings. The van der Waals surface area contributed by atoms with E-state index in [9.17, 15) is 0 Å². The third kappa shape index (κ3) is 43.3. The van der Waals surface area contributed by atoms with Crippen LogP contribution in [0.3, 0.4) is 0 Å². The molecule has 0 rings (SSSR count). The van der Waals surface area contributed by atoms with Crippen LogP contribution in [0.4, 0.5) is 0 Å². The molecule has 0 spiro atoms. The second kappa shape index (κ2) is 74.8. The fraction of sp³-hybridized carbons (Fsp3) is 0. The highest BCUT2D eigenvalue weighted by molar-refractivity contribution is 7.37. The highest BCUT2D eigenvalue weighted by Crippen LogP contribution is 0.00161. The van der Waals surface area contributed by atoms with E-state index in [1.165, 1.54) is 0 Å². The van der Waals surface area contributed by atoms with Crippen molar-refractivity contribution in [3.05, 3.63) is 0 Å². The maximum Gasteiger partial charge on any atom is -0.369 e. The largest absolute Gasteiger partial charge is 2.00 e. The fourth-order valence-corrected chi connectivity index (χ4v) is 0. The molecule has 0 bridgehead atoms. The molecule has 0 amide bonds. The lowest BCUT2D eigenvalue weighted by molar-refractivity contribution is 2.13. The van der Waals surface area contributed by atoms with Gasteiger partial charge in [-0.2, -0.15) is 0 Å². The van der Waals surface area contributed by atoms with Crippen LogP contribution in [0.5, 0.6) is 0 Å². The molecule has 6 heteroatoms. The van der Waals surface area contributed by atoms with Crippen LogP contribution in [-0.2, 0) is 67.5 Å². The summed E-state index contributed by atoms with van der Waals surface area (Å²) in [7, 11) is 0. The molecule has 0 saturated carbocycles. The third-order valence-electron chi connectivity index (χ3n) is 0. The van der Waals surface area contributed by atoms with Gasteiger partial charge in [0.25, 0.3) is 0 Å². The molecule has 0 aromatic rings. The van der Waals surface area contributed by atoms with Crippen molar-refractivity contribution >= 4 is 67.5 Å². The van der Waals surface area contributed by atoms with Gasteiger partial charge in [0.15, 0.2) is 0 Å². The molecular formula is H4NS5-9. The van der Waals surface area contributed by atoms with E-state index in [4.69, 9.17) is 0 Å². The lowest BCUT2D eigenvalue weighted by Crippen LogP contribution is -0.481. The van der Waals surface area contributed by atoms with Crippen molar-refractivity contribution < 1.29 is 0 Å². The van der Waals surface area contributed by atoms with Crippen molar-refractivity contribution in [2.75, 3.05) is 0 Å². The van der Waals surface area contributed by atoms with E-state index in [2.05, 4.69) is 0 Å². The SMILES string of the molecule is [NH4+].[S-2].[S-2].[S-2].[S-2].[S-2]. The zero-order chi connectivity index (χ0) is 0. The van der Waals surface area contributed by atoms with E-state index in [0.29, 0.717) is 0 Å². The van der Waals surface area contributed by atoms with E-state index in [-0.39, 0.29) is 73.6 Å². The molecule has 48 valence electrons. The minimum absolute atomic E-state index is 0. The van der Waals surface area contributed by atoms with Gasteiger partial charge in [-0.3, -0.25) is 0 Å². The van der Waals surface area contributed by atoms with Crippen molar-refractivity contribution in [2.45, 2.75) is 0 Å². The van der Waals surface area contributed by atoms with Crippen LogP contribution < -0.4 is 6.15 Å². The highest BCUT2D eigenvalue weighted by Gasteiger charge is -0.369. The number of hydrogen-bond donors (Lipinski definition) is 1. The van der Waals surface area contributed by atoms with Gasteiger partial charge in [-0.1, -0.05) is 0 Å². The molecule has 0 aromatic carbocycles. The Hall–Kier alpha value is 1.71. The van der Waals surface area contributed by atoms with Gasteiger partial charge in [0, 0.05) is 0 Å². The van der Waals surface area contributed by atoms with Crippen LogP contribution in [0.25, 0.3) is 0 Å². The van der Waals surface area contributed by atoms with Crippen LogP contribution in [0.1, 0.15) is 0 Å². The first-order valence-electron chi connectivity index (χ1n) is 0. The molecule has 0 aliphatic carbocycles. The van der Waals surface area contributed by atoms with E-state index in [1.54, 1.807) is 0 Å². The molecule has 0 atom stereocenters. The molecular weight excluding hydrogens is 174 g/mol. The summed E-state index contributed by atoms with van der Waals surface area (Å²) in [5.74, 6) is 0. The Labute approximate surface area is 73.5 Å². The Kier molecular flexibility index (Phi) is 1480. The molecule has 0 aromatic heterocycles. The van der Waals surface area contributed by atoms with Crippen LogP contribution in [0.15, 0.2) is 0 Å². The summed E-state index contributed by atoms with van der Waals surface area (Å²) in [5, 5.41) is 0. The van der Waals surface area contributed by atoms with Crippen molar-refractivity contribution in [1.82, 2.24) is 6.15 Å². The smallest absolute Gasteiger partial charge is 0.369 e. The zero-order valence-electron chi connectivity index (χ0n) is 3.04. The maximum atomic E-state index is 0. The summed E-state index contributed by atoms with van der Waals surface area (Å²) in [6, 6.07) is 0. The summed E-state index contributed by atoms with van der Waals surface area (Å²) >= 11 is 0. The summed E-state index contributed by atoms with van der Waals surface area (Å²) in [4.78, 5) is 0. The van der Waals surface area contributed by atoms with Crippen molar-refractivity contribution in [3.8, 4) is 0 Å². The third-order valence-corrected chi connectivity index (χ3v) is 0. The predicted octanol–water partition coefficient (Wildman–Crippen LogP) is 0.364. The number of rotatable bonds is 0. The number of hydrogen-bond acceptors (Lipinski definition) is 0. The zero-order valence-corrected chi connectivity index (χ0v) is 7.12. The average Bonchev–Trinajstić information content (AvgIpc) is 0. The van der Waals surface area contributed by atoms with Crippen molar-refractivity contribution in [3.63, 3.8) is 0 Å². The molecule has 0 saturated heterocycles. The predicted molar refractivity (Wildman–Crippen MR) is 42.8 cm³/mol. The summed E-state index contributed by atoms with van der Waals surface area (Å²) in [6.07, 6.45) is 0. The second-order valence-electron chi connectivity index (χ2n) is 0. The standard InChI is InChI=1S/H3N.5S/h1H3;;;;;/q;5*-2/p+1. The van der Waals surface area contributed by atoms with E-state index < -0.39 is 0 Å². The normalized spacial score (nSPS) is 0. The lowest BCUT2D eigenvalue weighted by atomic mass is 14.0. The van der Waals surface area contributed by atoms with E-state index >= 15 is 0 Å².